The fourth-order valence-electron chi connectivity index (χ4n) is 2.28. The summed E-state index contributed by atoms with van der Waals surface area (Å²) in [5, 5.41) is 11.2. The Morgan fingerprint density at radius 1 is 1.27 bits per heavy atom. The lowest BCUT2D eigenvalue weighted by atomic mass is 10.1. The standard InChI is InChI=1S/C16H15F2NO6S/c1-8-4-11(9(2)26-8)15(20)24-7-10-5-13(23-3)14(25-16(17)18)6-12(10)19(21)22/h4-6,16H,7H2,1-3H3. The zero-order valence-corrected chi connectivity index (χ0v) is 14.9. The van der Waals surface area contributed by atoms with Gasteiger partial charge in [0.1, 0.15) is 6.61 Å². The third-order valence-corrected chi connectivity index (χ3v) is 4.36. The van der Waals surface area contributed by atoms with Crippen LogP contribution >= 0.6 is 11.3 Å². The number of halogens is 2. The molecule has 2 aromatic rings. The van der Waals surface area contributed by atoms with Gasteiger partial charge < -0.3 is 14.2 Å². The number of esters is 1. The van der Waals surface area contributed by atoms with Crippen molar-refractivity contribution >= 4 is 23.0 Å². The molecule has 0 aliphatic carbocycles. The second-order valence-corrected chi connectivity index (χ2v) is 6.63. The number of nitro benzene ring substituents is 1. The molecule has 0 saturated carbocycles. The number of carbonyl (C=O) groups is 1. The van der Waals surface area contributed by atoms with Crippen LogP contribution in [0.4, 0.5) is 14.5 Å². The summed E-state index contributed by atoms with van der Waals surface area (Å²) in [4.78, 5) is 24.3. The minimum absolute atomic E-state index is 0.00794. The molecular weight excluding hydrogens is 372 g/mol. The van der Waals surface area contributed by atoms with E-state index in [0.717, 1.165) is 21.9 Å². The van der Waals surface area contributed by atoms with E-state index in [0.29, 0.717) is 5.56 Å². The van der Waals surface area contributed by atoms with Crippen molar-refractivity contribution in [3.05, 3.63) is 49.2 Å². The number of aryl methyl sites for hydroxylation is 2. The highest BCUT2D eigenvalue weighted by Crippen LogP contribution is 2.36. The normalized spacial score (nSPS) is 10.7. The Bertz CT molecular complexity index is 836. The molecule has 0 saturated heterocycles. The van der Waals surface area contributed by atoms with E-state index < -0.39 is 35.5 Å². The van der Waals surface area contributed by atoms with Crippen LogP contribution in [0.3, 0.4) is 0 Å². The van der Waals surface area contributed by atoms with Gasteiger partial charge in [-0.05, 0) is 26.0 Å². The van der Waals surface area contributed by atoms with Crippen molar-refractivity contribution in [1.82, 2.24) is 0 Å². The van der Waals surface area contributed by atoms with Crippen LogP contribution in [0.5, 0.6) is 11.5 Å². The second-order valence-electron chi connectivity index (χ2n) is 5.17. The van der Waals surface area contributed by atoms with E-state index in [9.17, 15) is 23.7 Å². The van der Waals surface area contributed by atoms with Gasteiger partial charge in [0.25, 0.3) is 5.69 Å². The van der Waals surface area contributed by atoms with Crippen molar-refractivity contribution < 1.29 is 32.7 Å². The molecule has 0 aliphatic heterocycles. The second kappa shape index (κ2) is 8.09. The average Bonchev–Trinajstić information content (AvgIpc) is 2.90. The molecule has 0 bridgehead atoms. The molecule has 0 aliphatic rings. The van der Waals surface area contributed by atoms with Gasteiger partial charge in [0.15, 0.2) is 11.5 Å². The van der Waals surface area contributed by atoms with Gasteiger partial charge in [-0.1, -0.05) is 0 Å². The average molecular weight is 387 g/mol. The lowest BCUT2D eigenvalue weighted by molar-refractivity contribution is -0.386. The van der Waals surface area contributed by atoms with Crippen molar-refractivity contribution in [2.24, 2.45) is 0 Å². The number of thiophene rings is 1. The van der Waals surface area contributed by atoms with Crippen LogP contribution in [0.2, 0.25) is 0 Å². The van der Waals surface area contributed by atoms with Crippen molar-refractivity contribution in [2.75, 3.05) is 7.11 Å². The summed E-state index contributed by atoms with van der Waals surface area (Å²) in [6, 6.07) is 3.61. The van der Waals surface area contributed by atoms with Gasteiger partial charge in [0, 0.05) is 9.75 Å². The molecule has 0 unspecified atom stereocenters. The summed E-state index contributed by atoms with van der Waals surface area (Å²) >= 11 is 1.42. The minimum Gasteiger partial charge on any atom is -0.493 e. The first-order valence-electron chi connectivity index (χ1n) is 7.27. The quantitative estimate of drug-likeness (QED) is 0.401. The van der Waals surface area contributed by atoms with Gasteiger partial charge in [-0.2, -0.15) is 8.78 Å². The van der Waals surface area contributed by atoms with Gasteiger partial charge in [0.2, 0.25) is 0 Å². The Morgan fingerprint density at radius 3 is 2.46 bits per heavy atom. The number of alkyl halides is 2. The summed E-state index contributed by atoms with van der Waals surface area (Å²) < 4.78 is 39.2. The first-order chi connectivity index (χ1) is 12.2. The van der Waals surface area contributed by atoms with Gasteiger partial charge in [-0.3, -0.25) is 10.1 Å². The Labute approximate surface area is 151 Å². The number of ether oxygens (including phenoxy) is 3. The van der Waals surface area contributed by atoms with Gasteiger partial charge >= 0.3 is 12.6 Å². The number of nitro groups is 1. The van der Waals surface area contributed by atoms with E-state index in [1.807, 2.05) is 6.92 Å². The first-order valence-corrected chi connectivity index (χ1v) is 8.08. The predicted molar refractivity (Wildman–Crippen MR) is 89.2 cm³/mol. The van der Waals surface area contributed by atoms with Crippen molar-refractivity contribution in [3.8, 4) is 11.5 Å². The lowest BCUT2D eigenvalue weighted by Gasteiger charge is -2.12. The number of methoxy groups -OCH3 is 1. The van der Waals surface area contributed by atoms with Crippen LogP contribution in [0.15, 0.2) is 18.2 Å². The molecule has 10 heteroatoms. The number of nitrogens with zero attached hydrogens (tertiary/aromatic N) is 1. The molecule has 0 amide bonds. The molecule has 1 heterocycles. The molecule has 0 N–H and O–H groups in total. The molecule has 2 rings (SSSR count). The first kappa shape index (κ1) is 19.6. The van der Waals surface area contributed by atoms with Crippen LogP contribution < -0.4 is 9.47 Å². The Balaban J connectivity index is 2.28. The maximum absolute atomic E-state index is 12.4. The molecule has 0 radical (unpaired) electrons. The van der Waals surface area contributed by atoms with Gasteiger partial charge in [-0.15, -0.1) is 11.3 Å². The molecular formula is C16H15F2NO6S. The third kappa shape index (κ3) is 4.45. The van der Waals surface area contributed by atoms with Crippen LogP contribution in [0, 0.1) is 24.0 Å². The molecule has 0 spiro atoms. The Kier molecular flexibility index (Phi) is 6.09. The van der Waals surface area contributed by atoms with E-state index in [-0.39, 0.29) is 11.3 Å². The van der Waals surface area contributed by atoms with Crippen molar-refractivity contribution in [2.45, 2.75) is 27.1 Å². The Morgan fingerprint density at radius 2 is 1.96 bits per heavy atom. The van der Waals surface area contributed by atoms with Crippen molar-refractivity contribution in [3.63, 3.8) is 0 Å². The Hall–Kier alpha value is -2.75. The molecule has 0 atom stereocenters. The van der Waals surface area contributed by atoms with E-state index in [4.69, 9.17) is 9.47 Å². The van der Waals surface area contributed by atoms with E-state index in [1.165, 1.54) is 18.4 Å². The van der Waals surface area contributed by atoms with E-state index in [1.54, 1.807) is 13.0 Å². The number of carbonyl (C=O) groups excluding carboxylic acids is 1. The molecule has 0 fully saturated rings. The maximum Gasteiger partial charge on any atom is 0.387 e. The minimum atomic E-state index is -3.17. The van der Waals surface area contributed by atoms with Crippen LogP contribution in [-0.2, 0) is 11.3 Å². The number of benzene rings is 1. The smallest absolute Gasteiger partial charge is 0.387 e. The van der Waals surface area contributed by atoms with E-state index >= 15 is 0 Å². The zero-order valence-electron chi connectivity index (χ0n) is 14.1. The maximum atomic E-state index is 12.4. The lowest BCUT2D eigenvalue weighted by Crippen LogP contribution is -2.09. The van der Waals surface area contributed by atoms with Crippen molar-refractivity contribution in [1.29, 1.82) is 0 Å². The molecule has 26 heavy (non-hydrogen) atoms. The molecule has 1 aromatic heterocycles. The zero-order chi connectivity index (χ0) is 19.4. The summed E-state index contributed by atoms with van der Waals surface area (Å²) in [5.41, 5.74) is -0.154. The van der Waals surface area contributed by atoms with E-state index in [2.05, 4.69) is 4.74 Å². The predicted octanol–water partition coefficient (Wildman–Crippen LogP) is 4.24. The summed E-state index contributed by atoms with van der Waals surface area (Å²) in [6.07, 6.45) is 0. The monoisotopic (exact) mass is 387 g/mol. The molecule has 7 nitrogen and oxygen atoms in total. The number of hydrogen-bond donors (Lipinski definition) is 0. The topological polar surface area (TPSA) is 87.9 Å². The summed E-state index contributed by atoms with van der Waals surface area (Å²) in [6.45, 7) is 0.00802. The van der Waals surface area contributed by atoms with Crippen LogP contribution in [0.25, 0.3) is 0 Å². The number of hydrogen-bond acceptors (Lipinski definition) is 7. The summed E-state index contributed by atoms with van der Waals surface area (Å²) in [5.74, 6) is -1.24. The molecule has 1 aromatic carbocycles. The fraction of sp³-hybridized carbons (Fsp3) is 0.312. The van der Waals surface area contributed by atoms with Crippen LogP contribution in [-0.4, -0.2) is 24.6 Å². The van der Waals surface area contributed by atoms with Gasteiger partial charge in [0.05, 0.1) is 29.2 Å². The van der Waals surface area contributed by atoms with Crippen LogP contribution in [0.1, 0.15) is 25.7 Å². The summed E-state index contributed by atoms with van der Waals surface area (Å²) in [7, 11) is 1.20. The molecule has 140 valence electrons. The third-order valence-electron chi connectivity index (χ3n) is 3.40. The SMILES string of the molecule is COc1cc(COC(=O)c2cc(C)sc2C)c([N+](=O)[O-])cc1OC(F)F. The van der Waals surface area contributed by atoms with Gasteiger partial charge in [-0.25, -0.2) is 4.79 Å². The largest absolute Gasteiger partial charge is 0.493 e. The fourth-order valence-corrected chi connectivity index (χ4v) is 3.19. The highest BCUT2D eigenvalue weighted by molar-refractivity contribution is 7.12. The number of rotatable bonds is 7. The highest BCUT2D eigenvalue weighted by Gasteiger charge is 2.23. The highest BCUT2D eigenvalue weighted by atomic mass is 32.1.